The van der Waals surface area contributed by atoms with Crippen LogP contribution in [0.4, 0.5) is 0 Å². The lowest BCUT2D eigenvalue weighted by atomic mass is 10.1. The first-order valence-electron chi connectivity index (χ1n) is 11.3. The van der Waals surface area contributed by atoms with E-state index in [1.807, 2.05) is 74.5 Å². The molecule has 1 aromatic carbocycles. The van der Waals surface area contributed by atoms with Gasteiger partial charge in [-0.3, -0.25) is 0 Å². The highest BCUT2D eigenvalue weighted by Gasteiger charge is 2.08. The summed E-state index contributed by atoms with van der Waals surface area (Å²) >= 11 is 0. The number of ether oxygens (including phenoxy) is 2. The standard InChI is InChI=1S/C26H22N4O2.2CH4O/c1-15-13-17(3)27-25-21(15)9-11-23(29-25)31-19-5-7-20(8-6-19)32-24-12-10-22-16(2)14-18(4)28-26(22)30-24;2*1-2/h5-14H,1-4H3;2*2H,1H3. The van der Waals surface area contributed by atoms with E-state index in [1.54, 1.807) is 0 Å². The van der Waals surface area contributed by atoms with Crippen molar-refractivity contribution < 1.29 is 19.7 Å². The molecule has 0 aliphatic rings. The van der Waals surface area contributed by atoms with Gasteiger partial charge in [0.05, 0.1) is 0 Å². The first-order chi connectivity index (χ1) is 17.4. The molecule has 2 N–H and O–H groups in total. The van der Waals surface area contributed by atoms with E-state index in [0.717, 1.165) is 47.5 Å². The second kappa shape index (κ2) is 12.0. The minimum atomic E-state index is 0.497. The number of pyridine rings is 4. The molecule has 4 heterocycles. The largest absolute Gasteiger partial charge is 0.439 e. The summed E-state index contributed by atoms with van der Waals surface area (Å²) in [5, 5.41) is 16.0. The van der Waals surface area contributed by atoms with Crippen molar-refractivity contribution in [3.63, 3.8) is 0 Å². The molecule has 0 unspecified atom stereocenters. The minimum Gasteiger partial charge on any atom is -0.439 e. The Bertz CT molecular complexity index is 1360. The Labute approximate surface area is 210 Å². The van der Waals surface area contributed by atoms with Gasteiger partial charge in [-0.15, -0.1) is 0 Å². The monoisotopic (exact) mass is 486 g/mol. The maximum Gasteiger partial charge on any atom is 0.221 e. The molecule has 0 aliphatic carbocycles. The summed E-state index contributed by atoms with van der Waals surface area (Å²) in [4.78, 5) is 18.1. The molecule has 5 aromatic rings. The summed E-state index contributed by atoms with van der Waals surface area (Å²) in [5.74, 6) is 2.31. The Morgan fingerprint density at radius 1 is 0.500 bits per heavy atom. The fourth-order valence-corrected chi connectivity index (χ4v) is 3.76. The van der Waals surface area contributed by atoms with Gasteiger partial charge in [0, 0.05) is 48.5 Å². The zero-order valence-corrected chi connectivity index (χ0v) is 21.3. The molecule has 0 fully saturated rings. The van der Waals surface area contributed by atoms with Gasteiger partial charge in [-0.2, -0.15) is 9.97 Å². The predicted molar refractivity (Wildman–Crippen MR) is 141 cm³/mol. The fraction of sp³-hybridized carbons (Fsp3) is 0.214. The summed E-state index contributed by atoms with van der Waals surface area (Å²) in [6, 6.07) is 19.1. The molecule has 0 atom stereocenters. The molecule has 0 saturated heterocycles. The topological polar surface area (TPSA) is 110 Å². The summed E-state index contributed by atoms with van der Waals surface area (Å²) in [6.07, 6.45) is 0. The number of hydrogen-bond donors (Lipinski definition) is 2. The molecular weight excluding hydrogens is 456 g/mol. The Kier molecular flexibility index (Phi) is 8.83. The zero-order chi connectivity index (χ0) is 26.2. The Morgan fingerprint density at radius 2 is 0.861 bits per heavy atom. The molecule has 0 spiro atoms. The third kappa shape index (κ3) is 6.10. The highest BCUT2D eigenvalue weighted by atomic mass is 16.5. The third-order valence-electron chi connectivity index (χ3n) is 5.23. The number of aryl methyl sites for hydroxylation is 4. The molecule has 8 heteroatoms. The van der Waals surface area contributed by atoms with Gasteiger partial charge in [0.2, 0.25) is 11.8 Å². The highest BCUT2D eigenvalue weighted by molar-refractivity contribution is 5.80. The summed E-state index contributed by atoms with van der Waals surface area (Å²) in [5.41, 5.74) is 5.53. The van der Waals surface area contributed by atoms with Gasteiger partial charge in [-0.05, 0) is 87.4 Å². The number of aliphatic hydroxyl groups excluding tert-OH is 2. The fourth-order valence-electron chi connectivity index (χ4n) is 3.76. The van der Waals surface area contributed by atoms with Gasteiger partial charge in [0.15, 0.2) is 11.3 Å². The lowest BCUT2D eigenvalue weighted by Gasteiger charge is -2.09. The zero-order valence-electron chi connectivity index (χ0n) is 21.3. The van der Waals surface area contributed by atoms with Crippen LogP contribution < -0.4 is 9.47 Å². The van der Waals surface area contributed by atoms with Crippen LogP contribution >= 0.6 is 0 Å². The molecular formula is C28H30N4O4. The predicted octanol–water partition coefficient (Wildman–Crippen LogP) is 5.61. The van der Waals surface area contributed by atoms with Gasteiger partial charge in [-0.1, -0.05) is 0 Å². The Morgan fingerprint density at radius 3 is 1.22 bits per heavy atom. The van der Waals surface area contributed by atoms with Crippen LogP contribution in [-0.2, 0) is 0 Å². The van der Waals surface area contributed by atoms with Crippen molar-refractivity contribution >= 4 is 22.1 Å². The molecule has 0 amide bonds. The second-order valence-corrected chi connectivity index (χ2v) is 7.88. The quantitative estimate of drug-likeness (QED) is 0.337. The summed E-state index contributed by atoms with van der Waals surface area (Å²) < 4.78 is 11.8. The van der Waals surface area contributed by atoms with Crippen LogP contribution in [0.2, 0.25) is 0 Å². The maximum atomic E-state index is 7.00. The third-order valence-corrected chi connectivity index (χ3v) is 5.23. The lowest BCUT2D eigenvalue weighted by Crippen LogP contribution is -1.94. The van der Waals surface area contributed by atoms with Gasteiger partial charge >= 0.3 is 0 Å². The molecule has 186 valence electrons. The molecule has 0 saturated carbocycles. The van der Waals surface area contributed by atoms with E-state index in [4.69, 9.17) is 19.7 Å². The number of fused-ring (bicyclic) bond motifs is 2. The van der Waals surface area contributed by atoms with E-state index >= 15 is 0 Å². The molecule has 36 heavy (non-hydrogen) atoms. The summed E-state index contributed by atoms with van der Waals surface area (Å²) in [6.45, 7) is 8.04. The molecule has 8 nitrogen and oxygen atoms in total. The van der Waals surface area contributed by atoms with E-state index < -0.39 is 0 Å². The highest BCUT2D eigenvalue weighted by Crippen LogP contribution is 2.28. The smallest absolute Gasteiger partial charge is 0.221 e. The molecule has 5 rings (SSSR count). The number of aliphatic hydroxyl groups is 2. The van der Waals surface area contributed by atoms with Crippen molar-refractivity contribution in [3.05, 3.63) is 83.2 Å². The number of aromatic nitrogens is 4. The van der Waals surface area contributed by atoms with Crippen molar-refractivity contribution in [1.82, 2.24) is 19.9 Å². The number of hydrogen-bond acceptors (Lipinski definition) is 8. The van der Waals surface area contributed by atoms with Crippen molar-refractivity contribution in [3.8, 4) is 23.3 Å². The van der Waals surface area contributed by atoms with Gasteiger partial charge in [0.25, 0.3) is 0 Å². The molecule has 4 aromatic heterocycles. The SMILES string of the molecule is CO.CO.Cc1cc(C)c2ccc(Oc3ccc(Oc4ccc5c(C)cc(C)nc5n4)cc3)nc2n1. The van der Waals surface area contributed by atoms with Gasteiger partial charge < -0.3 is 19.7 Å². The second-order valence-electron chi connectivity index (χ2n) is 7.88. The van der Waals surface area contributed by atoms with E-state index in [1.165, 1.54) is 0 Å². The first kappa shape index (κ1) is 26.5. The molecule has 0 radical (unpaired) electrons. The van der Waals surface area contributed by atoms with Gasteiger partial charge in [-0.25, -0.2) is 9.97 Å². The van der Waals surface area contributed by atoms with Crippen LogP contribution in [0.25, 0.3) is 22.1 Å². The van der Waals surface area contributed by atoms with Gasteiger partial charge in [0.1, 0.15) is 11.5 Å². The van der Waals surface area contributed by atoms with E-state index in [-0.39, 0.29) is 0 Å². The first-order valence-corrected chi connectivity index (χ1v) is 11.3. The van der Waals surface area contributed by atoms with Crippen LogP contribution in [0.5, 0.6) is 23.3 Å². The van der Waals surface area contributed by atoms with E-state index in [9.17, 15) is 0 Å². The van der Waals surface area contributed by atoms with Crippen LogP contribution in [0.1, 0.15) is 22.5 Å². The average Bonchev–Trinajstić information content (AvgIpc) is 2.87. The minimum absolute atomic E-state index is 0.497. The van der Waals surface area contributed by atoms with Crippen molar-refractivity contribution in [2.24, 2.45) is 0 Å². The Hall–Kier alpha value is -4.14. The molecule has 0 aliphatic heterocycles. The molecule has 0 bridgehead atoms. The van der Waals surface area contributed by atoms with Crippen molar-refractivity contribution in [2.75, 3.05) is 14.2 Å². The van der Waals surface area contributed by atoms with Crippen LogP contribution in [-0.4, -0.2) is 44.4 Å². The summed E-state index contributed by atoms with van der Waals surface area (Å²) in [7, 11) is 2.00. The van der Waals surface area contributed by atoms with Crippen LogP contribution in [0, 0.1) is 27.7 Å². The Balaban J connectivity index is 0.000000861. The van der Waals surface area contributed by atoms with E-state index in [0.29, 0.717) is 34.6 Å². The average molecular weight is 487 g/mol. The number of benzene rings is 1. The van der Waals surface area contributed by atoms with E-state index in [2.05, 4.69) is 33.8 Å². The maximum absolute atomic E-state index is 7.00. The normalized spacial score (nSPS) is 10.2. The lowest BCUT2D eigenvalue weighted by molar-refractivity contribution is 0.399. The van der Waals surface area contributed by atoms with Crippen LogP contribution in [0.15, 0.2) is 60.7 Å². The number of nitrogens with zero attached hydrogens (tertiary/aromatic N) is 4. The van der Waals surface area contributed by atoms with Crippen molar-refractivity contribution in [1.29, 1.82) is 0 Å². The number of rotatable bonds is 4. The van der Waals surface area contributed by atoms with Crippen LogP contribution in [0.3, 0.4) is 0 Å². The van der Waals surface area contributed by atoms with Crippen molar-refractivity contribution in [2.45, 2.75) is 27.7 Å².